The summed E-state index contributed by atoms with van der Waals surface area (Å²) < 4.78 is 0. The molecule has 0 aliphatic rings. The lowest BCUT2D eigenvalue weighted by molar-refractivity contribution is 0.261. The fourth-order valence-corrected chi connectivity index (χ4v) is 1.71. The standard InChI is InChI=1S/C13H21ClN2/c1-4-11(2)16(3)10-9-15-13-8-6-5-7-12(13)14/h5-8,11,15H,4,9-10H2,1-3H3. The lowest BCUT2D eigenvalue weighted by atomic mass is 10.2. The zero-order valence-corrected chi connectivity index (χ0v) is 11.1. The molecule has 2 nitrogen and oxygen atoms in total. The molecule has 0 saturated carbocycles. The molecular formula is C13H21ClN2. The number of nitrogens with zero attached hydrogens (tertiary/aromatic N) is 1. The Bertz CT molecular complexity index is 315. The summed E-state index contributed by atoms with van der Waals surface area (Å²) in [7, 11) is 2.16. The van der Waals surface area contributed by atoms with Gasteiger partial charge in [0.25, 0.3) is 0 Å². The van der Waals surface area contributed by atoms with E-state index in [0.29, 0.717) is 6.04 Å². The van der Waals surface area contributed by atoms with Gasteiger partial charge in [0.15, 0.2) is 0 Å². The first-order valence-electron chi connectivity index (χ1n) is 5.83. The number of rotatable bonds is 6. The van der Waals surface area contributed by atoms with Crippen LogP contribution in [0.5, 0.6) is 0 Å². The summed E-state index contributed by atoms with van der Waals surface area (Å²) in [4.78, 5) is 2.35. The highest BCUT2D eigenvalue weighted by molar-refractivity contribution is 6.33. The molecule has 1 rings (SSSR count). The molecule has 3 heteroatoms. The molecule has 0 spiro atoms. The van der Waals surface area contributed by atoms with Gasteiger partial charge in [0.1, 0.15) is 0 Å². The molecule has 0 radical (unpaired) electrons. The second-order valence-corrected chi connectivity index (χ2v) is 4.55. The van der Waals surface area contributed by atoms with Gasteiger partial charge in [-0.05, 0) is 32.5 Å². The molecule has 0 bridgehead atoms. The first-order chi connectivity index (χ1) is 7.65. The number of benzene rings is 1. The maximum Gasteiger partial charge on any atom is 0.0637 e. The van der Waals surface area contributed by atoms with Crippen molar-refractivity contribution in [2.75, 3.05) is 25.5 Å². The van der Waals surface area contributed by atoms with Gasteiger partial charge < -0.3 is 10.2 Å². The summed E-state index contributed by atoms with van der Waals surface area (Å²) in [6.45, 7) is 6.41. The highest BCUT2D eigenvalue weighted by Crippen LogP contribution is 2.19. The van der Waals surface area contributed by atoms with Gasteiger partial charge in [0.05, 0.1) is 10.7 Å². The lowest BCUT2D eigenvalue weighted by Crippen LogP contribution is -2.32. The number of likely N-dealkylation sites (N-methyl/N-ethyl adjacent to an activating group) is 1. The summed E-state index contributed by atoms with van der Waals surface area (Å²) in [5.41, 5.74) is 1.02. The number of hydrogen-bond donors (Lipinski definition) is 1. The van der Waals surface area contributed by atoms with Crippen molar-refractivity contribution in [2.24, 2.45) is 0 Å². The van der Waals surface area contributed by atoms with E-state index in [4.69, 9.17) is 11.6 Å². The largest absolute Gasteiger partial charge is 0.383 e. The van der Waals surface area contributed by atoms with E-state index in [0.717, 1.165) is 23.8 Å². The van der Waals surface area contributed by atoms with E-state index in [1.54, 1.807) is 0 Å². The van der Waals surface area contributed by atoms with Gasteiger partial charge >= 0.3 is 0 Å². The average molecular weight is 241 g/mol. The Morgan fingerprint density at radius 3 is 2.69 bits per heavy atom. The third kappa shape index (κ3) is 4.03. The zero-order chi connectivity index (χ0) is 12.0. The Morgan fingerprint density at radius 2 is 2.06 bits per heavy atom. The monoisotopic (exact) mass is 240 g/mol. The van der Waals surface area contributed by atoms with E-state index in [9.17, 15) is 0 Å². The van der Waals surface area contributed by atoms with E-state index >= 15 is 0 Å². The van der Waals surface area contributed by atoms with Gasteiger partial charge in [0, 0.05) is 19.1 Å². The molecule has 1 N–H and O–H groups in total. The van der Waals surface area contributed by atoms with Gasteiger partial charge in [-0.1, -0.05) is 30.7 Å². The van der Waals surface area contributed by atoms with Crippen molar-refractivity contribution in [2.45, 2.75) is 26.3 Å². The van der Waals surface area contributed by atoms with Crippen LogP contribution in [0.15, 0.2) is 24.3 Å². The smallest absolute Gasteiger partial charge is 0.0637 e. The van der Waals surface area contributed by atoms with Crippen molar-refractivity contribution < 1.29 is 0 Å². The van der Waals surface area contributed by atoms with E-state index < -0.39 is 0 Å². The summed E-state index contributed by atoms with van der Waals surface area (Å²) in [5.74, 6) is 0. The summed E-state index contributed by atoms with van der Waals surface area (Å²) >= 11 is 6.05. The molecule has 0 heterocycles. The van der Waals surface area contributed by atoms with Crippen molar-refractivity contribution in [3.05, 3.63) is 29.3 Å². The SMILES string of the molecule is CCC(C)N(C)CCNc1ccccc1Cl. The molecule has 0 aromatic heterocycles. The minimum Gasteiger partial charge on any atom is -0.383 e. The van der Waals surface area contributed by atoms with Crippen molar-refractivity contribution in [3.63, 3.8) is 0 Å². The van der Waals surface area contributed by atoms with Crippen LogP contribution >= 0.6 is 11.6 Å². The molecule has 0 aliphatic carbocycles. The van der Waals surface area contributed by atoms with Gasteiger partial charge in [-0.3, -0.25) is 0 Å². The van der Waals surface area contributed by atoms with Crippen molar-refractivity contribution in [3.8, 4) is 0 Å². The normalized spacial score (nSPS) is 12.8. The van der Waals surface area contributed by atoms with Crippen LogP contribution in [0.1, 0.15) is 20.3 Å². The number of para-hydroxylation sites is 1. The molecule has 0 amide bonds. The number of anilines is 1. The van der Waals surface area contributed by atoms with Crippen molar-refractivity contribution in [1.82, 2.24) is 4.90 Å². The Labute approximate surface area is 104 Å². The third-order valence-corrected chi connectivity index (χ3v) is 3.33. The number of halogens is 1. The molecule has 1 unspecified atom stereocenters. The summed E-state index contributed by atoms with van der Waals surface area (Å²) in [6, 6.07) is 8.48. The highest BCUT2D eigenvalue weighted by Gasteiger charge is 2.05. The maximum absolute atomic E-state index is 6.05. The molecule has 16 heavy (non-hydrogen) atoms. The fourth-order valence-electron chi connectivity index (χ4n) is 1.50. The first-order valence-corrected chi connectivity index (χ1v) is 6.21. The van der Waals surface area contributed by atoms with Gasteiger partial charge in [-0.25, -0.2) is 0 Å². The first kappa shape index (κ1) is 13.3. The Kier molecular flexibility index (Phi) is 5.64. The summed E-state index contributed by atoms with van der Waals surface area (Å²) in [6.07, 6.45) is 1.18. The maximum atomic E-state index is 6.05. The fraction of sp³-hybridized carbons (Fsp3) is 0.538. The number of nitrogens with one attached hydrogen (secondary N) is 1. The Morgan fingerprint density at radius 1 is 1.38 bits per heavy atom. The van der Waals surface area contributed by atoms with Gasteiger partial charge in [-0.2, -0.15) is 0 Å². The van der Waals surface area contributed by atoms with Crippen molar-refractivity contribution >= 4 is 17.3 Å². The minimum absolute atomic E-state index is 0.632. The van der Waals surface area contributed by atoms with E-state index in [1.165, 1.54) is 6.42 Å². The van der Waals surface area contributed by atoms with Crippen LogP contribution in [0.25, 0.3) is 0 Å². The second-order valence-electron chi connectivity index (χ2n) is 4.14. The topological polar surface area (TPSA) is 15.3 Å². The Hall–Kier alpha value is -0.730. The third-order valence-electron chi connectivity index (χ3n) is 3.00. The van der Waals surface area contributed by atoms with Crippen LogP contribution in [-0.4, -0.2) is 31.1 Å². The van der Waals surface area contributed by atoms with Crippen LogP contribution in [-0.2, 0) is 0 Å². The van der Waals surface area contributed by atoms with Gasteiger partial charge in [-0.15, -0.1) is 0 Å². The predicted octanol–water partition coefficient (Wildman–Crippen LogP) is 3.48. The highest BCUT2D eigenvalue weighted by atomic mass is 35.5. The molecule has 90 valence electrons. The predicted molar refractivity (Wildman–Crippen MR) is 72.3 cm³/mol. The molecule has 0 fully saturated rings. The molecule has 1 aromatic carbocycles. The van der Waals surface area contributed by atoms with Gasteiger partial charge in [0.2, 0.25) is 0 Å². The number of hydrogen-bond acceptors (Lipinski definition) is 2. The van der Waals surface area contributed by atoms with Crippen LogP contribution in [0.2, 0.25) is 5.02 Å². The second kappa shape index (κ2) is 6.77. The lowest BCUT2D eigenvalue weighted by Gasteiger charge is -2.23. The van der Waals surface area contributed by atoms with Crippen LogP contribution < -0.4 is 5.32 Å². The van der Waals surface area contributed by atoms with E-state index in [1.807, 2.05) is 24.3 Å². The molecular weight excluding hydrogens is 220 g/mol. The van der Waals surface area contributed by atoms with Crippen LogP contribution in [0, 0.1) is 0 Å². The minimum atomic E-state index is 0.632. The quantitative estimate of drug-likeness (QED) is 0.819. The van der Waals surface area contributed by atoms with Crippen molar-refractivity contribution in [1.29, 1.82) is 0 Å². The van der Waals surface area contributed by atoms with Crippen LogP contribution in [0.3, 0.4) is 0 Å². The molecule has 1 atom stereocenters. The van der Waals surface area contributed by atoms with E-state index in [-0.39, 0.29) is 0 Å². The molecule has 0 saturated heterocycles. The zero-order valence-electron chi connectivity index (χ0n) is 10.3. The summed E-state index contributed by atoms with van der Waals surface area (Å²) in [5, 5.41) is 4.14. The van der Waals surface area contributed by atoms with Crippen LogP contribution in [0.4, 0.5) is 5.69 Å². The molecule has 0 aliphatic heterocycles. The van der Waals surface area contributed by atoms with E-state index in [2.05, 4.69) is 31.1 Å². The average Bonchev–Trinajstić information content (AvgIpc) is 2.30. The molecule has 1 aromatic rings. The Balaban J connectivity index is 2.33.